The van der Waals surface area contributed by atoms with E-state index in [2.05, 4.69) is 24.2 Å². The summed E-state index contributed by atoms with van der Waals surface area (Å²) >= 11 is 0. The van der Waals surface area contributed by atoms with Crippen LogP contribution in [0.1, 0.15) is 25.3 Å². The first kappa shape index (κ1) is 21.2. The number of nitrogens with zero attached hydrogens (tertiary/aromatic N) is 3. The summed E-state index contributed by atoms with van der Waals surface area (Å²) < 4.78 is 28.5. The number of hydrogen-bond donors (Lipinski definition) is 0. The number of rotatable bonds is 8. The Bertz CT molecular complexity index is 1020. The predicted octanol–water partition coefficient (Wildman–Crippen LogP) is 3.71. The maximum atomic E-state index is 13.5. The first-order chi connectivity index (χ1) is 14.7. The van der Waals surface area contributed by atoms with Crippen LogP contribution in [0.25, 0.3) is 16.6 Å². The molecule has 0 saturated carbocycles. The van der Waals surface area contributed by atoms with Crippen LogP contribution >= 0.6 is 0 Å². The number of fused-ring (bicyclic) bond motifs is 1. The van der Waals surface area contributed by atoms with Crippen molar-refractivity contribution in [2.24, 2.45) is 0 Å². The van der Waals surface area contributed by atoms with Crippen molar-refractivity contribution in [3.05, 3.63) is 54.4 Å². The Morgan fingerprint density at radius 2 is 2.10 bits per heavy atom. The third-order valence-electron chi connectivity index (χ3n) is 5.58. The molecule has 1 aromatic carbocycles. The SMILES string of the molecule is CCc1cnn2ccc(-c3ccccc3S(=O)N3CCCC(OCCOC)C3)cc12. The summed E-state index contributed by atoms with van der Waals surface area (Å²) in [4.78, 5) is 0.844. The topological polar surface area (TPSA) is 56.1 Å². The van der Waals surface area contributed by atoms with Gasteiger partial charge in [0.1, 0.15) is 11.0 Å². The van der Waals surface area contributed by atoms with Crippen LogP contribution in [0.4, 0.5) is 0 Å². The molecule has 6 nitrogen and oxygen atoms in total. The molecule has 3 heterocycles. The molecule has 1 aliphatic rings. The molecule has 0 N–H and O–H groups in total. The maximum absolute atomic E-state index is 13.5. The highest BCUT2D eigenvalue weighted by atomic mass is 32.2. The smallest absolute Gasteiger partial charge is 0.128 e. The monoisotopic (exact) mass is 427 g/mol. The van der Waals surface area contributed by atoms with Crippen molar-refractivity contribution in [1.82, 2.24) is 13.9 Å². The van der Waals surface area contributed by atoms with E-state index in [1.165, 1.54) is 5.56 Å². The van der Waals surface area contributed by atoms with Gasteiger partial charge in [-0.25, -0.2) is 13.0 Å². The molecule has 0 amide bonds. The van der Waals surface area contributed by atoms with E-state index >= 15 is 0 Å². The van der Waals surface area contributed by atoms with Crippen LogP contribution < -0.4 is 0 Å². The predicted molar refractivity (Wildman–Crippen MR) is 119 cm³/mol. The first-order valence-corrected chi connectivity index (χ1v) is 11.6. The van der Waals surface area contributed by atoms with Gasteiger partial charge < -0.3 is 9.47 Å². The van der Waals surface area contributed by atoms with Crippen LogP contribution in [-0.2, 0) is 26.9 Å². The zero-order valence-electron chi connectivity index (χ0n) is 17.6. The number of pyridine rings is 1. The Balaban J connectivity index is 1.59. The van der Waals surface area contributed by atoms with E-state index < -0.39 is 11.0 Å². The van der Waals surface area contributed by atoms with Crippen molar-refractivity contribution in [3.8, 4) is 11.1 Å². The second kappa shape index (κ2) is 9.83. The van der Waals surface area contributed by atoms with Crippen molar-refractivity contribution >= 4 is 16.5 Å². The van der Waals surface area contributed by atoms with E-state index in [0.717, 1.165) is 47.3 Å². The van der Waals surface area contributed by atoms with Gasteiger partial charge in [-0.2, -0.15) is 5.10 Å². The second-order valence-corrected chi connectivity index (χ2v) is 8.98. The molecule has 0 aliphatic carbocycles. The van der Waals surface area contributed by atoms with Crippen molar-refractivity contribution in [3.63, 3.8) is 0 Å². The summed E-state index contributed by atoms with van der Waals surface area (Å²) in [7, 11) is 0.432. The van der Waals surface area contributed by atoms with Gasteiger partial charge in [0, 0.05) is 26.4 Å². The largest absolute Gasteiger partial charge is 0.382 e. The summed E-state index contributed by atoms with van der Waals surface area (Å²) in [5.74, 6) is 0. The molecule has 4 rings (SSSR count). The van der Waals surface area contributed by atoms with E-state index in [0.29, 0.717) is 19.8 Å². The number of aromatic nitrogens is 2. The molecule has 1 fully saturated rings. The zero-order chi connectivity index (χ0) is 20.9. The van der Waals surface area contributed by atoms with Crippen LogP contribution in [0.3, 0.4) is 0 Å². The third-order valence-corrected chi connectivity index (χ3v) is 7.12. The molecule has 30 heavy (non-hydrogen) atoms. The number of ether oxygens (including phenoxy) is 2. The number of benzene rings is 1. The minimum absolute atomic E-state index is 0.0975. The average molecular weight is 428 g/mol. The summed E-state index contributed by atoms with van der Waals surface area (Å²) in [5.41, 5.74) is 4.37. The normalized spacial score (nSPS) is 18.7. The first-order valence-electron chi connectivity index (χ1n) is 10.5. The summed E-state index contributed by atoms with van der Waals surface area (Å²) in [6, 6.07) is 12.2. The molecule has 2 unspecified atom stereocenters. The highest BCUT2D eigenvalue weighted by Gasteiger charge is 2.26. The molecule has 160 valence electrons. The minimum atomic E-state index is -1.24. The van der Waals surface area contributed by atoms with Crippen LogP contribution in [0.2, 0.25) is 0 Å². The van der Waals surface area contributed by atoms with Crippen LogP contribution in [0, 0.1) is 0 Å². The summed E-state index contributed by atoms with van der Waals surface area (Å²) in [6.07, 6.45) is 6.90. The van der Waals surface area contributed by atoms with Crippen LogP contribution in [0.15, 0.2) is 53.7 Å². The van der Waals surface area contributed by atoms with E-state index in [4.69, 9.17) is 9.47 Å². The molecular weight excluding hydrogens is 398 g/mol. The molecule has 3 aromatic rings. The number of hydrogen-bond acceptors (Lipinski definition) is 4. The fourth-order valence-electron chi connectivity index (χ4n) is 3.96. The van der Waals surface area contributed by atoms with Gasteiger partial charge in [0.2, 0.25) is 0 Å². The lowest BCUT2D eigenvalue weighted by molar-refractivity contribution is -0.00581. The molecule has 1 saturated heterocycles. The van der Waals surface area contributed by atoms with Gasteiger partial charge in [0.05, 0.1) is 35.9 Å². The Morgan fingerprint density at radius 3 is 2.93 bits per heavy atom. The van der Waals surface area contributed by atoms with Gasteiger partial charge in [0.25, 0.3) is 0 Å². The number of methoxy groups -OCH3 is 1. The second-order valence-electron chi connectivity index (χ2n) is 7.53. The summed E-state index contributed by atoms with van der Waals surface area (Å²) in [6.45, 7) is 4.77. The lowest BCUT2D eigenvalue weighted by Crippen LogP contribution is -2.41. The minimum Gasteiger partial charge on any atom is -0.382 e. The standard InChI is InChI=1S/C23H29N3O3S/c1-3-18-16-24-26-12-10-19(15-22(18)26)21-8-4-5-9-23(21)30(27)25-11-6-7-20(17-25)29-14-13-28-2/h4-5,8-10,12,15-16,20H,3,6-7,11,13-14,17H2,1-2H3. The molecule has 0 spiro atoms. The third kappa shape index (κ3) is 4.49. The highest BCUT2D eigenvalue weighted by molar-refractivity contribution is 7.82. The Kier molecular flexibility index (Phi) is 6.94. The summed E-state index contributed by atoms with van der Waals surface area (Å²) in [5, 5.41) is 4.42. The van der Waals surface area contributed by atoms with E-state index in [-0.39, 0.29) is 6.10 Å². The van der Waals surface area contributed by atoms with Crippen molar-refractivity contribution < 1.29 is 13.7 Å². The highest BCUT2D eigenvalue weighted by Crippen LogP contribution is 2.30. The van der Waals surface area contributed by atoms with Crippen molar-refractivity contribution in [1.29, 1.82) is 0 Å². The molecule has 0 bridgehead atoms. The average Bonchev–Trinajstić information content (AvgIpc) is 3.21. The zero-order valence-corrected chi connectivity index (χ0v) is 18.4. The fraction of sp³-hybridized carbons (Fsp3) is 0.435. The van der Waals surface area contributed by atoms with Crippen LogP contribution in [-0.4, -0.2) is 57.6 Å². The lowest BCUT2D eigenvalue weighted by Gasteiger charge is -2.31. The van der Waals surface area contributed by atoms with Gasteiger partial charge in [-0.3, -0.25) is 0 Å². The Hall–Kier alpha value is -2.06. The van der Waals surface area contributed by atoms with Gasteiger partial charge >= 0.3 is 0 Å². The Labute approximate surface area is 180 Å². The quantitative estimate of drug-likeness (QED) is 0.514. The van der Waals surface area contributed by atoms with Crippen molar-refractivity contribution in [2.75, 3.05) is 33.4 Å². The lowest BCUT2D eigenvalue weighted by atomic mass is 10.1. The maximum Gasteiger partial charge on any atom is 0.128 e. The van der Waals surface area contributed by atoms with Gasteiger partial charge in [-0.1, -0.05) is 25.1 Å². The number of piperidine rings is 1. The molecular formula is C23H29N3O3S. The van der Waals surface area contributed by atoms with Crippen molar-refractivity contribution in [2.45, 2.75) is 37.2 Å². The van der Waals surface area contributed by atoms with E-state index in [9.17, 15) is 4.21 Å². The van der Waals surface area contributed by atoms with Gasteiger partial charge in [-0.15, -0.1) is 0 Å². The molecule has 2 aromatic heterocycles. The molecule has 2 atom stereocenters. The van der Waals surface area contributed by atoms with E-state index in [1.807, 2.05) is 45.5 Å². The molecule has 1 aliphatic heterocycles. The van der Waals surface area contributed by atoms with Gasteiger partial charge in [-0.05, 0) is 54.2 Å². The molecule has 0 radical (unpaired) electrons. The fourth-order valence-corrected chi connectivity index (χ4v) is 5.40. The van der Waals surface area contributed by atoms with Gasteiger partial charge in [0.15, 0.2) is 0 Å². The number of aryl methyl sites for hydroxylation is 1. The molecule has 7 heteroatoms. The van der Waals surface area contributed by atoms with Crippen LogP contribution in [0.5, 0.6) is 0 Å². The Morgan fingerprint density at radius 1 is 1.23 bits per heavy atom. The van der Waals surface area contributed by atoms with E-state index in [1.54, 1.807) is 7.11 Å².